The first-order valence-corrected chi connectivity index (χ1v) is 7.91. The Morgan fingerprint density at radius 1 is 1.23 bits per heavy atom. The van der Waals surface area contributed by atoms with Crippen LogP contribution in [0.5, 0.6) is 0 Å². The highest BCUT2D eigenvalue weighted by molar-refractivity contribution is 9.10. The minimum atomic E-state index is -0.0710. The molecular weight excluding hydrogens is 348 g/mol. The molecule has 0 atom stereocenters. The molecule has 1 aromatic carbocycles. The minimum absolute atomic E-state index is 0.0710. The van der Waals surface area contributed by atoms with Gasteiger partial charge in [0.2, 0.25) is 0 Å². The average Bonchev–Trinajstić information content (AvgIpc) is 2.96. The van der Waals surface area contributed by atoms with Crippen molar-refractivity contribution in [1.29, 1.82) is 0 Å². The number of carbonyl (C=O) groups excluding carboxylic acids is 1. The molecule has 2 heterocycles. The lowest BCUT2D eigenvalue weighted by Crippen LogP contribution is -2.50. The van der Waals surface area contributed by atoms with Crippen LogP contribution in [0.1, 0.15) is 5.76 Å². The molecule has 0 spiro atoms. The number of amides is 2. The molecule has 1 aliphatic rings. The van der Waals surface area contributed by atoms with Gasteiger partial charge in [-0.05, 0) is 31.2 Å². The Morgan fingerprint density at radius 3 is 2.50 bits per heavy atom. The first-order chi connectivity index (χ1) is 10.6. The smallest absolute Gasteiger partial charge is 0.321 e. The van der Waals surface area contributed by atoms with Gasteiger partial charge in [-0.15, -0.1) is 0 Å². The van der Waals surface area contributed by atoms with Crippen LogP contribution in [0.3, 0.4) is 0 Å². The number of benzene rings is 1. The summed E-state index contributed by atoms with van der Waals surface area (Å²) in [5, 5.41) is 6.92. The number of nitrogens with one attached hydrogen (secondary N) is 1. The Kier molecular flexibility index (Phi) is 4.33. The van der Waals surface area contributed by atoms with Crippen LogP contribution in [0.15, 0.2) is 39.3 Å². The van der Waals surface area contributed by atoms with Crippen molar-refractivity contribution in [2.75, 3.05) is 36.4 Å². The van der Waals surface area contributed by atoms with E-state index in [4.69, 9.17) is 4.52 Å². The number of hydrogen-bond donors (Lipinski definition) is 1. The number of urea groups is 1. The summed E-state index contributed by atoms with van der Waals surface area (Å²) >= 11 is 3.38. The van der Waals surface area contributed by atoms with Crippen molar-refractivity contribution in [2.45, 2.75) is 6.92 Å². The number of aromatic nitrogens is 1. The molecule has 22 heavy (non-hydrogen) atoms. The lowest BCUT2D eigenvalue weighted by Gasteiger charge is -2.34. The van der Waals surface area contributed by atoms with Gasteiger partial charge in [-0.2, -0.15) is 0 Å². The lowest BCUT2D eigenvalue weighted by molar-refractivity contribution is 0.208. The Balaban J connectivity index is 1.54. The molecule has 0 saturated carbocycles. The van der Waals surface area contributed by atoms with E-state index in [1.807, 2.05) is 42.2 Å². The van der Waals surface area contributed by atoms with E-state index >= 15 is 0 Å². The highest BCUT2D eigenvalue weighted by atomic mass is 79.9. The van der Waals surface area contributed by atoms with Crippen LogP contribution in [0.4, 0.5) is 16.3 Å². The van der Waals surface area contributed by atoms with Crippen LogP contribution in [-0.4, -0.2) is 42.3 Å². The van der Waals surface area contributed by atoms with Gasteiger partial charge in [-0.3, -0.25) is 0 Å². The van der Waals surface area contributed by atoms with Crippen LogP contribution < -0.4 is 10.2 Å². The molecule has 0 bridgehead atoms. The average molecular weight is 365 g/mol. The first kappa shape index (κ1) is 14.9. The molecule has 0 radical (unpaired) electrons. The molecule has 2 amide bonds. The third kappa shape index (κ3) is 3.41. The van der Waals surface area contributed by atoms with Crippen molar-refractivity contribution in [3.63, 3.8) is 0 Å². The van der Waals surface area contributed by atoms with Gasteiger partial charge in [0.15, 0.2) is 5.82 Å². The largest absolute Gasteiger partial charge is 0.360 e. The highest BCUT2D eigenvalue weighted by Crippen LogP contribution is 2.17. The van der Waals surface area contributed by atoms with Gasteiger partial charge in [0.05, 0.1) is 0 Å². The van der Waals surface area contributed by atoms with E-state index in [0.717, 1.165) is 34.8 Å². The fourth-order valence-corrected chi connectivity index (χ4v) is 2.64. The first-order valence-electron chi connectivity index (χ1n) is 7.11. The number of rotatable bonds is 2. The quantitative estimate of drug-likeness (QED) is 0.889. The molecular formula is C15H17BrN4O2. The summed E-state index contributed by atoms with van der Waals surface area (Å²) in [4.78, 5) is 16.2. The third-order valence-electron chi connectivity index (χ3n) is 3.60. The lowest BCUT2D eigenvalue weighted by atomic mass is 10.3. The van der Waals surface area contributed by atoms with Gasteiger partial charge < -0.3 is 19.6 Å². The van der Waals surface area contributed by atoms with Gasteiger partial charge in [-0.1, -0.05) is 21.1 Å². The third-order valence-corrected chi connectivity index (χ3v) is 4.13. The number of nitrogens with zero attached hydrogens (tertiary/aromatic N) is 3. The Bertz CT molecular complexity index is 648. The van der Waals surface area contributed by atoms with Crippen molar-refractivity contribution >= 4 is 33.5 Å². The summed E-state index contributed by atoms with van der Waals surface area (Å²) in [5.41, 5.74) is 0.794. The molecule has 1 N–H and O–H groups in total. The molecule has 1 fully saturated rings. The number of anilines is 2. The predicted octanol–water partition coefficient (Wildman–Crippen LogP) is 3.10. The zero-order chi connectivity index (χ0) is 15.5. The summed E-state index contributed by atoms with van der Waals surface area (Å²) in [6.45, 7) is 4.69. The standard InChI is InChI=1S/C15H17BrN4O2/c1-11-10-14(18-22-11)19-6-8-20(9-7-19)15(21)17-13-4-2-12(16)3-5-13/h2-5,10H,6-9H2,1H3,(H,17,21). The molecule has 3 rings (SSSR count). The molecule has 0 aliphatic carbocycles. The van der Waals surface area contributed by atoms with Crippen LogP contribution in [-0.2, 0) is 0 Å². The van der Waals surface area contributed by atoms with Crippen LogP contribution in [0.2, 0.25) is 0 Å². The number of carbonyl (C=O) groups is 1. The number of aryl methyl sites for hydroxylation is 1. The molecule has 1 saturated heterocycles. The van der Waals surface area contributed by atoms with E-state index in [2.05, 4.69) is 31.3 Å². The number of hydrogen-bond acceptors (Lipinski definition) is 4. The van der Waals surface area contributed by atoms with E-state index in [-0.39, 0.29) is 6.03 Å². The molecule has 116 valence electrons. The van der Waals surface area contributed by atoms with Crippen molar-refractivity contribution in [1.82, 2.24) is 10.1 Å². The minimum Gasteiger partial charge on any atom is -0.360 e. The van der Waals surface area contributed by atoms with Crippen LogP contribution in [0.25, 0.3) is 0 Å². The second-order valence-corrected chi connectivity index (χ2v) is 6.12. The molecule has 1 aromatic heterocycles. The van der Waals surface area contributed by atoms with E-state index < -0.39 is 0 Å². The second-order valence-electron chi connectivity index (χ2n) is 5.21. The Morgan fingerprint density at radius 2 is 1.91 bits per heavy atom. The summed E-state index contributed by atoms with van der Waals surface area (Å²) in [6, 6.07) is 9.39. The summed E-state index contributed by atoms with van der Waals surface area (Å²) in [5.74, 6) is 1.64. The molecule has 6 nitrogen and oxygen atoms in total. The van der Waals surface area contributed by atoms with E-state index in [0.29, 0.717) is 13.1 Å². The Hall–Kier alpha value is -2.02. The van der Waals surface area contributed by atoms with Crippen molar-refractivity contribution in [3.8, 4) is 0 Å². The molecule has 1 aliphatic heterocycles. The maximum Gasteiger partial charge on any atom is 0.321 e. The van der Waals surface area contributed by atoms with Gasteiger partial charge >= 0.3 is 6.03 Å². The van der Waals surface area contributed by atoms with Crippen molar-refractivity contribution in [3.05, 3.63) is 40.6 Å². The van der Waals surface area contributed by atoms with Gasteiger partial charge in [-0.25, -0.2) is 4.79 Å². The van der Waals surface area contributed by atoms with Gasteiger partial charge in [0.1, 0.15) is 5.76 Å². The van der Waals surface area contributed by atoms with E-state index in [1.165, 1.54) is 0 Å². The SMILES string of the molecule is Cc1cc(N2CCN(C(=O)Nc3ccc(Br)cc3)CC2)no1. The van der Waals surface area contributed by atoms with E-state index in [9.17, 15) is 4.79 Å². The van der Waals surface area contributed by atoms with Crippen molar-refractivity contribution < 1.29 is 9.32 Å². The van der Waals surface area contributed by atoms with Crippen molar-refractivity contribution in [2.24, 2.45) is 0 Å². The summed E-state index contributed by atoms with van der Waals surface area (Å²) in [7, 11) is 0. The predicted molar refractivity (Wildman–Crippen MR) is 88.2 cm³/mol. The summed E-state index contributed by atoms with van der Waals surface area (Å²) < 4.78 is 6.08. The second kappa shape index (κ2) is 6.39. The van der Waals surface area contributed by atoms with Gasteiger partial charge in [0, 0.05) is 42.4 Å². The molecule has 2 aromatic rings. The monoisotopic (exact) mass is 364 g/mol. The molecule has 7 heteroatoms. The highest BCUT2D eigenvalue weighted by Gasteiger charge is 2.22. The van der Waals surface area contributed by atoms with E-state index in [1.54, 1.807) is 0 Å². The summed E-state index contributed by atoms with van der Waals surface area (Å²) in [6.07, 6.45) is 0. The maximum atomic E-state index is 12.3. The van der Waals surface area contributed by atoms with Gasteiger partial charge in [0.25, 0.3) is 0 Å². The molecule has 0 unspecified atom stereocenters. The number of halogens is 1. The normalized spacial score (nSPS) is 15.0. The maximum absolute atomic E-state index is 12.3. The number of piperazine rings is 1. The topological polar surface area (TPSA) is 61.6 Å². The fourth-order valence-electron chi connectivity index (χ4n) is 2.38. The Labute approximate surface area is 137 Å². The zero-order valence-corrected chi connectivity index (χ0v) is 13.8. The van der Waals surface area contributed by atoms with Crippen LogP contribution in [0, 0.1) is 6.92 Å². The van der Waals surface area contributed by atoms with Crippen LogP contribution >= 0.6 is 15.9 Å². The fraction of sp³-hybridized carbons (Fsp3) is 0.333. The zero-order valence-electron chi connectivity index (χ0n) is 12.3.